The molecule has 1 aliphatic rings. The van der Waals surface area contributed by atoms with E-state index in [1.807, 2.05) is 37.3 Å². The molecule has 5 nitrogen and oxygen atoms in total. The summed E-state index contributed by atoms with van der Waals surface area (Å²) >= 11 is 0. The van der Waals surface area contributed by atoms with Gasteiger partial charge in [0.05, 0.1) is 0 Å². The smallest absolute Gasteiger partial charge is 0.251 e. The third-order valence-corrected chi connectivity index (χ3v) is 3.29. The highest BCUT2D eigenvalue weighted by Gasteiger charge is 2.20. The Morgan fingerprint density at radius 2 is 1.82 bits per heavy atom. The largest absolute Gasteiger partial charge is 0.357 e. The van der Waals surface area contributed by atoms with Crippen LogP contribution in [0.25, 0.3) is 0 Å². The van der Waals surface area contributed by atoms with E-state index in [1.165, 1.54) is 12.8 Å². The third kappa shape index (κ3) is 7.11. The molecule has 1 saturated carbocycles. The number of nitrogens with zero attached hydrogens (tertiary/aromatic N) is 1. The van der Waals surface area contributed by atoms with Crippen LogP contribution >= 0.6 is 24.0 Å². The quantitative estimate of drug-likeness (QED) is 0.276. The third-order valence-electron chi connectivity index (χ3n) is 3.29. The van der Waals surface area contributed by atoms with Crippen LogP contribution in [0.15, 0.2) is 35.3 Å². The van der Waals surface area contributed by atoms with Crippen molar-refractivity contribution in [2.75, 3.05) is 26.2 Å². The molecule has 0 saturated heterocycles. The normalized spacial score (nSPS) is 14.0. The maximum Gasteiger partial charge on any atom is 0.251 e. The van der Waals surface area contributed by atoms with Gasteiger partial charge in [-0.05, 0) is 37.8 Å². The Kier molecular flexibility index (Phi) is 8.88. The van der Waals surface area contributed by atoms with E-state index in [0.29, 0.717) is 18.7 Å². The van der Waals surface area contributed by atoms with Crippen LogP contribution in [0.2, 0.25) is 0 Å². The van der Waals surface area contributed by atoms with Crippen molar-refractivity contribution < 1.29 is 4.79 Å². The van der Waals surface area contributed by atoms with E-state index in [9.17, 15) is 4.79 Å². The Hall–Kier alpha value is -1.31. The molecular formula is C16H25IN4O. The molecule has 3 N–H and O–H groups in total. The number of nitrogens with one attached hydrogen (secondary N) is 3. The molecule has 0 bridgehead atoms. The summed E-state index contributed by atoms with van der Waals surface area (Å²) in [6.07, 6.45) is 2.60. The van der Waals surface area contributed by atoms with Crippen LogP contribution in [0.5, 0.6) is 0 Å². The lowest BCUT2D eigenvalue weighted by atomic mass is 10.2. The van der Waals surface area contributed by atoms with Crippen LogP contribution in [-0.4, -0.2) is 38.0 Å². The number of hydrogen-bond acceptors (Lipinski definition) is 2. The first-order valence-electron chi connectivity index (χ1n) is 7.65. The Labute approximate surface area is 149 Å². The average Bonchev–Trinajstić information content (AvgIpc) is 3.34. The lowest BCUT2D eigenvalue weighted by Gasteiger charge is -2.11. The second-order valence-corrected chi connectivity index (χ2v) is 5.21. The number of hydrogen-bond donors (Lipinski definition) is 3. The van der Waals surface area contributed by atoms with E-state index in [0.717, 1.165) is 25.0 Å². The van der Waals surface area contributed by atoms with Crippen LogP contribution in [0, 0.1) is 5.92 Å². The molecule has 1 aromatic rings. The van der Waals surface area contributed by atoms with Crippen molar-refractivity contribution in [1.29, 1.82) is 0 Å². The minimum Gasteiger partial charge on any atom is -0.357 e. The second-order valence-electron chi connectivity index (χ2n) is 5.21. The van der Waals surface area contributed by atoms with Gasteiger partial charge in [-0.15, -0.1) is 24.0 Å². The predicted molar refractivity (Wildman–Crippen MR) is 101 cm³/mol. The Bertz CT molecular complexity index is 474. The first-order chi connectivity index (χ1) is 10.3. The molecule has 0 aromatic heterocycles. The van der Waals surface area contributed by atoms with E-state index < -0.39 is 0 Å². The second kappa shape index (κ2) is 10.4. The Morgan fingerprint density at radius 1 is 1.14 bits per heavy atom. The molecule has 0 aliphatic heterocycles. The maximum atomic E-state index is 11.9. The fourth-order valence-corrected chi connectivity index (χ4v) is 1.91. The molecule has 0 spiro atoms. The summed E-state index contributed by atoms with van der Waals surface area (Å²) in [4.78, 5) is 16.4. The molecule has 22 heavy (non-hydrogen) atoms. The van der Waals surface area contributed by atoms with E-state index in [1.54, 1.807) is 0 Å². The van der Waals surface area contributed by atoms with E-state index in [2.05, 4.69) is 20.9 Å². The fourth-order valence-electron chi connectivity index (χ4n) is 1.91. The number of aliphatic imine (C=N–C) groups is 1. The van der Waals surface area contributed by atoms with Gasteiger partial charge < -0.3 is 16.0 Å². The highest BCUT2D eigenvalue weighted by atomic mass is 127. The number of halogens is 1. The average molecular weight is 416 g/mol. The molecule has 6 heteroatoms. The van der Waals surface area contributed by atoms with Crippen molar-refractivity contribution in [1.82, 2.24) is 16.0 Å². The maximum absolute atomic E-state index is 11.9. The number of amides is 1. The molecular weight excluding hydrogens is 391 g/mol. The predicted octanol–water partition coefficient (Wildman–Crippen LogP) is 2.00. The van der Waals surface area contributed by atoms with Gasteiger partial charge in [0.15, 0.2) is 5.96 Å². The van der Waals surface area contributed by atoms with Gasteiger partial charge in [0, 0.05) is 31.7 Å². The number of benzene rings is 1. The molecule has 122 valence electrons. The molecule has 0 unspecified atom stereocenters. The monoisotopic (exact) mass is 416 g/mol. The first-order valence-corrected chi connectivity index (χ1v) is 7.65. The lowest BCUT2D eigenvalue weighted by Crippen LogP contribution is -2.41. The summed E-state index contributed by atoms with van der Waals surface area (Å²) in [5.41, 5.74) is 0.687. The zero-order valence-corrected chi connectivity index (χ0v) is 15.3. The van der Waals surface area contributed by atoms with Gasteiger partial charge in [0.2, 0.25) is 0 Å². The minimum absolute atomic E-state index is 0. The number of guanidine groups is 1. The molecule has 1 aliphatic carbocycles. The lowest BCUT2D eigenvalue weighted by molar-refractivity contribution is 0.0954. The van der Waals surface area contributed by atoms with Gasteiger partial charge in [0.25, 0.3) is 5.91 Å². The van der Waals surface area contributed by atoms with Crippen LogP contribution in [0.1, 0.15) is 30.1 Å². The van der Waals surface area contributed by atoms with Crippen LogP contribution in [-0.2, 0) is 0 Å². The molecule has 0 atom stereocenters. The van der Waals surface area contributed by atoms with Crippen molar-refractivity contribution in [3.63, 3.8) is 0 Å². The van der Waals surface area contributed by atoms with Crippen molar-refractivity contribution in [2.45, 2.75) is 19.8 Å². The molecule has 1 aromatic carbocycles. The number of carbonyl (C=O) groups excluding carboxylic acids is 1. The topological polar surface area (TPSA) is 65.5 Å². The van der Waals surface area contributed by atoms with Crippen molar-refractivity contribution >= 4 is 35.8 Å². The van der Waals surface area contributed by atoms with Gasteiger partial charge >= 0.3 is 0 Å². The fraction of sp³-hybridized carbons (Fsp3) is 0.500. The van der Waals surface area contributed by atoms with E-state index in [4.69, 9.17) is 0 Å². The van der Waals surface area contributed by atoms with Gasteiger partial charge in [-0.3, -0.25) is 9.79 Å². The van der Waals surface area contributed by atoms with Gasteiger partial charge in [-0.1, -0.05) is 18.2 Å². The Balaban J connectivity index is 0.00000242. The van der Waals surface area contributed by atoms with E-state index >= 15 is 0 Å². The van der Waals surface area contributed by atoms with Crippen molar-refractivity contribution in [3.8, 4) is 0 Å². The van der Waals surface area contributed by atoms with Gasteiger partial charge in [0.1, 0.15) is 0 Å². The van der Waals surface area contributed by atoms with Crippen molar-refractivity contribution in [2.24, 2.45) is 10.9 Å². The molecule has 1 amide bonds. The summed E-state index contributed by atoms with van der Waals surface area (Å²) in [6, 6.07) is 9.24. The first kappa shape index (κ1) is 18.7. The zero-order chi connectivity index (χ0) is 14.9. The van der Waals surface area contributed by atoms with E-state index in [-0.39, 0.29) is 29.9 Å². The Morgan fingerprint density at radius 3 is 2.45 bits per heavy atom. The summed E-state index contributed by atoms with van der Waals surface area (Å²) < 4.78 is 0. The number of rotatable bonds is 7. The van der Waals surface area contributed by atoms with Crippen LogP contribution in [0.4, 0.5) is 0 Å². The van der Waals surface area contributed by atoms with Gasteiger partial charge in [-0.25, -0.2) is 0 Å². The molecule has 1 fully saturated rings. The molecule has 2 rings (SSSR count). The summed E-state index contributed by atoms with van der Waals surface area (Å²) in [5, 5.41) is 9.34. The summed E-state index contributed by atoms with van der Waals surface area (Å²) in [6.45, 7) is 5.01. The highest BCUT2D eigenvalue weighted by Crippen LogP contribution is 2.28. The number of carbonyl (C=O) groups is 1. The van der Waals surface area contributed by atoms with Crippen LogP contribution in [0.3, 0.4) is 0 Å². The highest BCUT2D eigenvalue weighted by molar-refractivity contribution is 14.0. The van der Waals surface area contributed by atoms with Gasteiger partial charge in [-0.2, -0.15) is 0 Å². The summed E-state index contributed by atoms with van der Waals surface area (Å²) in [7, 11) is 0. The van der Waals surface area contributed by atoms with Crippen LogP contribution < -0.4 is 16.0 Å². The molecule has 0 heterocycles. The molecule has 0 radical (unpaired) electrons. The minimum atomic E-state index is -0.0441. The summed E-state index contributed by atoms with van der Waals surface area (Å²) in [5.74, 6) is 1.56. The zero-order valence-electron chi connectivity index (χ0n) is 13.0. The standard InChI is InChI=1S/C16H24N4O.HI/c1-2-17-16(20-12-13-8-9-13)19-11-10-18-15(21)14-6-4-3-5-7-14;/h3-7,13H,2,8-12H2,1H3,(H,18,21)(H2,17,19,20);1H. The SMILES string of the molecule is CCNC(=NCC1CC1)NCCNC(=O)c1ccccc1.I. The van der Waals surface area contributed by atoms with Crippen molar-refractivity contribution in [3.05, 3.63) is 35.9 Å².